The second-order valence-electron chi connectivity index (χ2n) is 6.04. The lowest BCUT2D eigenvalue weighted by molar-refractivity contribution is -0.132. The lowest BCUT2D eigenvalue weighted by Gasteiger charge is -2.17. The fourth-order valence-electron chi connectivity index (χ4n) is 3.18. The molecule has 1 saturated heterocycles. The van der Waals surface area contributed by atoms with Crippen LogP contribution in [0.15, 0.2) is 48.5 Å². The van der Waals surface area contributed by atoms with Gasteiger partial charge in [0.25, 0.3) is 5.91 Å². The second-order valence-corrected chi connectivity index (χ2v) is 6.04. The number of para-hydroxylation sites is 1. The number of nitrogens with zero attached hydrogens (tertiary/aromatic N) is 1. The normalized spacial score (nSPS) is 18.7. The van der Waals surface area contributed by atoms with E-state index in [0.29, 0.717) is 5.92 Å². The molecule has 4 rings (SSSR count). The maximum atomic E-state index is 12.3. The molecule has 0 radical (unpaired) electrons. The van der Waals surface area contributed by atoms with Gasteiger partial charge in [-0.05, 0) is 36.2 Å². The van der Waals surface area contributed by atoms with E-state index in [0.717, 1.165) is 36.8 Å². The highest BCUT2D eigenvalue weighted by Gasteiger charge is 2.28. The molecular formula is C19H19NO4. The largest absolute Gasteiger partial charge is 0.484 e. The summed E-state index contributed by atoms with van der Waals surface area (Å²) in [4.78, 5) is 14.2. The summed E-state index contributed by atoms with van der Waals surface area (Å²) in [5, 5.41) is 0. The van der Waals surface area contributed by atoms with E-state index in [1.807, 2.05) is 47.4 Å². The summed E-state index contributed by atoms with van der Waals surface area (Å²) in [6.45, 7) is 1.84. The number of hydrogen-bond donors (Lipinski definition) is 0. The molecule has 0 spiro atoms. The Morgan fingerprint density at radius 3 is 2.83 bits per heavy atom. The number of benzene rings is 2. The van der Waals surface area contributed by atoms with Gasteiger partial charge in [0.1, 0.15) is 5.75 Å². The minimum absolute atomic E-state index is 0.0297. The van der Waals surface area contributed by atoms with Crippen molar-refractivity contribution in [3.05, 3.63) is 54.1 Å². The van der Waals surface area contributed by atoms with E-state index in [1.54, 1.807) is 0 Å². The highest BCUT2D eigenvalue weighted by Crippen LogP contribution is 2.37. The van der Waals surface area contributed by atoms with Gasteiger partial charge in [-0.15, -0.1) is 0 Å². The van der Waals surface area contributed by atoms with Crippen molar-refractivity contribution in [2.75, 3.05) is 26.5 Å². The quantitative estimate of drug-likeness (QED) is 0.867. The van der Waals surface area contributed by atoms with Gasteiger partial charge >= 0.3 is 0 Å². The van der Waals surface area contributed by atoms with E-state index in [1.165, 1.54) is 5.56 Å². The molecule has 1 unspecified atom stereocenters. The maximum Gasteiger partial charge on any atom is 0.260 e. The molecule has 2 aromatic rings. The van der Waals surface area contributed by atoms with E-state index in [9.17, 15) is 4.79 Å². The number of likely N-dealkylation sites (tertiary alicyclic amines) is 1. The van der Waals surface area contributed by atoms with Gasteiger partial charge in [-0.2, -0.15) is 0 Å². The van der Waals surface area contributed by atoms with Crippen LogP contribution in [0.4, 0.5) is 0 Å². The first-order chi connectivity index (χ1) is 11.8. The number of rotatable bonds is 4. The van der Waals surface area contributed by atoms with Crippen molar-refractivity contribution in [2.45, 2.75) is 12.3 Å². The van der Waals surface area contributed by atoms with Crippen LogP contribution in [0.1, 0.15) is 17.9 Å². The fraction of sp³-hybridized carbons (Fsp3) is 0.316. The first-order valence-electron chi connectivity index (χ1n) is 8.15. The molecular weight excluding hydrogens is 306 g/mol. The monoisotopic (exact) mass is 325 g/mol. The van der Waals surface area contributed by atoms with Crippen LogP contribution in [-0.4, -0.2) is 37.3 Å². The van der Waals surface area contributed by atoms with E-state index < -0.39 is 0 Å². The summed E-state index contributed by atoms with van der Waals surface area (Å²) in [6, 6.07) is 15.5. The van der Waals surface area contributed by atoms with Crippen molar-refractivity contribution in [3.8, 4) is 17.2 Å². The van der Waals surface area contributed by atoms with Gasteiger partial charge in [0.05, 0.1) is 0 Å². The van der Waals surface area contributed by atoms with E-state index >= 15 is 0 Å². The van der Waals surface area contributed by atoms with Crippen LogP contribution < -0.4 is 14.2 Å². The Bertz CT molecular complexity index is 731. The molecule has 1 amide bonds. The molecule has 0 aliphatic carbocycles. The van der Waals surface area contributed by atoms with E-state index in [4.69, 9.17) is 14.2 Å². The van der Waals surface area contributed by atoms with Crippen molar-refractivity contribution in [1.29, 1.82) is 0 Å². The molecule has 0 N–H and O–H groups in total. The molecule has 0 saturated carbocycles. The average molecular weight is 325 g/mol. The third-order valence-electron chi connectivity index (χ3n) is 4.51. The van der Waals surface area contributed by atoms with Crippen LogP contribution in [0.2, 0.25) is 0 Å². The Morgan fingerprint density at radius 1 is 1.12 bits per heavy atom. The number of fused-ring (bicyclic) bond motifs is 1. The third kappa shape index (κ3) is 3.02. The lowest BCUT2D eigenvalue weighted by Crippen LogP contribution is -2.32. The average Bonchev–Trinajstić information content (AvgIpc) is 3.29. The summed E-state index contributed by atoms with van der Waals surface area (Å²) >= 11 is 0. The smallest absolute Gasteiger partial charge is 0.260 e. The maximum absolute atomic E-state index is 12.3. The Hall–Kier alpha value is -2.69. The molecule has 124 valence electrons. The van der Waals surface area contributed by atoms with Gasteiger partial charge in [-0.1, -0.05) is 24.3 Å². The summed E-state index contributed by atoms with van der Waals surface area (Å²) in [5.74, 6) is 2.67. The van der Waals surface area contributed by atoms with Gasteiger partial charge in [-0.3, -0.25) is 4.79 Å². The predicted molar refractivity (Wildman–Crippen MR) is 88.4 cm³/mol. The summed E-state index contributed by atoms with van der Waals surface area (Å²) in [6.07, 6.45) is 0.955. The minimum atomic E-state index is 0.0297. The molecule has 2 aliphatic rings. The predicted octanol–water partition coefficient (Wildman–Crippen LogP) is 2.81. The van der Waals surface area contributed by atoms with E-state index in [-0.39, 0.29) is 19.3 Å². The molecule has 2 aromatic carbocycles. The number of amides is 1. The molecule has 2 aliphatic heterocycles. The second kappa shape index (κ2) is 6.43. The number of ether oxygens (including phenoxy) is 3. The van der Waals surface area contributed by atoms with Gasteiger partial charge in [0.15, 0.2) is 18.1 Å². The zero-order chi connectivity index (χ0) is 16.4. The summed E-state index contributed by atoms with van der Waals surface area (Å²) in [7, 11) is 0. The molecule has 1 fully saturated rings. The van der Waals surface area contributed by atoms with Crippen molar-refractivity contribution < 1.29 is 19.0 Å². The molecule has 5 heteroatoms. The van der Waals surface area contributed by atoms with Crippen LogP contribution >= 0.6 is 0 Å². The number of carbonyl (C=O) groups is 1. The van der Waals surface area contributed by atoms with Crippen molar-refractivity contribution in [3.63, 3.8) is 0 Å². The minimum Gasteiger partial charge on any atom is -0.484 e. The lowest BCUT2D eigenvalue weighted by atomic mass is 9.98. The topological polar surface area (TPSA) is 48.0 Å². The first kappa shape index (κ1) is 14.9. The summed E-state index contributed by atoms with van der Waals surface area (Å²) < 4.78 is 16.3. The first-order valence-corrected chi connectivity index (χ1v) is 8.15. The number of hydrogen-bond acceptors (Lipinski definition) is 4. The molecule has 1 atom stereocenters. The van der Waals surface area contributed by atoms with Crippen molar-refractivity contribution >= 4 is 5.91 Å². The molecule has 2 heterocycles. The van der Waals surface area contributed by atoms with Gasteiger partial charge in [0.2, 0.25) is 6.79 Å². The standard InChI is InChI=1S/C19H19NO4/c21-19(12-22-16-4-2-1-3-5-16)20-9-8-15(11-20)14-6-7-17-18(10-14)24-13-23-17/h1-7,10,15H,8-9,11-13H2. The Balaban J connectivity index is 1.35. The van der Waals surface area contributed by atoms with Gasteiger partial charge in [-0.25, -0.2) is 0 Å². The van der Waals surface area contributed by atoms with E-state index in [2.05, 4.69) is 6.07 Å². The zero-order valence-corrected chi connectivity index (χ0v) is 13.3. The Morgan fingerprint density at radius 2 is 1.96 bits per heavy atom. The molecule has 24 heavy (non-hydrogen) atoms. The van der Waals surface area contributed by atoms with Crippen molar-refractivity contribution in [1.82, 2.24) is 4.90 Å². The zero-order valence-electron chi connectivity index (χ0n) is 13.3. The molecule has 5 nitrogen and oxygen atoms in total. The number of carbonyl (C=O) groups excluding carboxylic acids is 1. The van der Waals surface area contributed by atoms with Crippen molar-refractivity contribution in [2.24, 2.45) is 0 Å². The highest BCUT2D eigenvalue weighted by molar-refractivity contribution is 5.78. The van der Waals surface area contributed by atoms with Crippen LogP contribution in [0.5, 0.6) is 17.2 Å². The van der Waals surface area contributed by atoms with Gasteiger partial charge in [0, 0.05) is 19.0 Å². The molecule has 0 aromatic heterocycles. The third-order valence-corrected chi connectivity index (χ3v) is 4.51. The van der Waals surface area contributed by atoms with Crippen LogP contribution in [0.3, 0.4) is 0 Å². The van der Waals surface area contributed by atoms with Crippen LogP contribution in [0.25, 0.3) is 0 Å². The van der Waals surface area contributed by atoms with Crippen LogP contribution in [0, 0.1) is 0 Å². The van der Waals surface area contributed by atoms with Crippen LogP contribution in [-0.2, 0) is 4.79 Å². The fourth-order valence-corrected chi connectivity index (χ4v) is 3.18. The van der Waals surface area contributed by atoms with Gasteiger partial charge < -0.3 is 19.1 Å². The highest BCUT2D eigenvalue weighted by atomic mass is 16.7. The SMILES string of the molecule is O=C(COc1ccccc1)N1CCC(c2ccc3c(c2)OCO3)C1. The Kier molecular flexibility index (Phi) is 3.99. The summed E-state index contributed by atoms with van der Waals surface area (Å²) in [5.41, 5.74) is 1.19. The Labute approximate surface area is 140 Å². The molecule has 0 bridgehead atoms.